The molecule has 1 aromatic heterocycles. The summed E-state index contributed by atoms with van der Waals surface area (Å²) in [7, 11) is 0. The molecule has 0 aliphatic carbocycles. The van der Waals surface area contributed by atoms with Gasteiger partial charge in [-0.1, -0.05) is 35.5 Å². The Balaban J connectivity index is 2.09. The maximum absolute atomic E-state index is 10.9. The Bertz CT molecular complexity index is 675. The zero-order valence-electron chi connectivity index (χ0n) is 11.7. The Hall–Kier alpha value is -1.99. The fourth-order valence-electron chi connectivity index (χ4n) is 1.69. The molecule has 0 radical (unpaired) electrons. The summed E-state index contributed by atoms with van der Waals surface area (Å²) in [4.78, 5) is 10.9. The first-order valence-electron chi connectivity index (χ1n) is 6.42. The van der Waals surface area contributed by atoms with Gasteiger partial charge in [0.15, 0.2) is 11.0 Å². The van der Waals surface area contributed by atoms with Gasteiger partial charge in [0.25, 0.3) is 0 Å². The minimum Gasteiger partial charge on any atom is -0.486 e. The average molecular weight is 339 g/mol. The molecule has 0 saturated heterocycles. The van der Waals surface area contributed by atoms with E-state index in [0.717, 1.165) is 0 Å². The standard InChI is InChI=1S/C14H15ClN4O2S/c1-2-6-19-13(17-18-14(19)22-9-12(16)20)8-21-11-5-3-4-10(15)7-11/h2-5,7H,1,6,8-9H2,(H2,16,20). The van der Waals surface area contributed by atoms with E-state index in [0.29, 0.717) is 28.3 Å². The van der Waals surface area contributed by atoms with Crippen LogP contribution in [0.3, 0.4) is 0 Å². The van der Waals surface area contributed by atoms with E-state index in [9.17, 15) is 4.79 Å². The number of ether oxygens (including phenoxy) is 1. The number of benzene rings is 1. The molecule has 0 atom stereocenters. The summed E-state index contributed by atoms with van der Waals surface area (Å²) in [6.07, 6.45) is 1.72. The van der Waals surface area contributed by atoms with Crippen LogP contribution >= 0.6 is 23.4 Å². The molecular weight excluding hydrogens is 324 g/mol. The molecule has 0 bridgehead atoms. The van der Waals surface area contributed by atoms with Gasteiger partial charge in [0.05, 0.1) is 5.75 Å². The lowest BCUT2D eigenvalue weighted by Crippen LogP contribution is -2.14. The Kier molecular flexibility index (Phi) is 5.85. The Morgan fingerprint density at radius 1 is 1.50 bits per heavy atom. The van der Waals surface area contributed by atoms with Crippen molar-refractivity contribution in [3.8, 4) is 5.75 Å². The first-order chi connectivity index (χ1) is 10.6. The highest BCUT2D eigenvalue weighted by atomic mass is 35.5. The molecule has 1 amide bonds. The van der Waals surface area contributed by atoms with Crippen molar-refractivity contribution >= 4 is 29.3 Å². The van der Waals surface area contributed by atoms with Crippen LogP contribution in [-0.2, 0) is 17.9 Å². The number of primary amides is 1. The number of rotatable bonds is 8. The van der Waals surface area contributed by atoms with Gasteiger partial charge in [0, 0.05) is 11.6 Å². The summed E-state index contributed by atoms with van der Waals surface area (Å²) in [6.45, 7) is 4.46. The normalized spacial score (nSPS) is 10.4. The Morgan fingerprint density at radius 3 is 3.00 bits per heavy atom. The van der Waals surface area contributed by atoms with E-state index in [-0.39, 0.29) is 12.4 Å². The third-order valence-electron chi connectivity index (χ3n) is 2.61. The number of carbonyl (C=O) groups is 1. The minimum absolute atomic E-state index is 0.143. The molecule has 116 valence electrons. The molecule has 6 nitrogen and oxygen atoms in total. The highest BCUT2D eigenvalue weighted by Gasteiger charge is 2.13. The van der Waals surface area contributed by atoms with Crippen LogP contribution in [0.1, 0.15) is 5.82 Å². The molecule has 0 aliphatic heterocycles. The van der Waals surface area contributed by atoms with Crippen LogP contribution in [0.15, 0.2) is 42.1 Å². The molecule has 2 N–H and O–H groups in total. The van der Waals surface area contributed by atoms with Gasteiger partial charge < -0.3 is 10.5 Å². The monoisotopic (exact) mass is 338 g/mol. The van der Waals surface area contributed by atoms with Crippen LogP contribution < -0.4 is 10.5 Å². The highest BCUT2D eigenvalue weighted by molar-refractivity contribution is 7.99. The zero-order chi connectivity index (χ0) is 15.9. The van der Waals surface area contributed by atoms with E-state index in [1.165, 1.54) is 11.8 Å². The van der Waals surface area contributed by atoms with E-state index in [2.05, 4.69) is 16.8 Å². The average Bonchev–Trinajstić information content (AvgIpc) is 2.86. The van der Waals surface area contributed by atoms with Crippen LogP contribution in [0.4, 0.5) is 0 Å². The van der Waals surface area contributed by atoms with E-state index in [1.807, 2.05) is 10.6 Å². The van der Waals surface area contributed by atoms with E-state index in [1.54, 1.807) is 24.3 Å². The quantitative estimate of drug-likeness (QED) is 0.589. The molecule has 0 saturated carbocycles. The number of amides is 1. The molecule has 8 heteroatoms. The fraction of sp³-hybridized carbons (Fsp3) is 0.214. The van der Waals surface area contributed by atoms with Gasteiger partial charge in [0.2, 0.25) is 5.91 Å². The third-order valence-corrected chi connectivity index (χ3v) is 3.84. The van der Waals surface area contributed by atoms with Crippen molar-refractivity contribution in [2.24, 2.45) is 5.73 Å². The van der Waals surface area contributed by atoms with Crippen LogP contribution in [0, 0.1) is 0 Å². The Morgan fingerprint density at radius 2 is 2.32 bits per heavy atom. The van der Waals surface area contributed by atoms with E-state index < -0.39 is 5.91 Å². The summed E-state index contributed by atoms with van der Waals surface area (Å²) in [6, 6.07) is 7.11. The maximum atomic E-state index is 10.9. The molecule has 0 fully saturated rings. The third kappa shape index (κ3) is 4.51. The van der Waals surface area contributed by atoms with Crippen molar-refractivity contribution < 1.29 is 9.53 Å². The van der Waals surface area contributed by atoms with Crippen LogP contribution in [-0.4, -0.2) is 26.4 Å². The predicted molar refractivity (Wildman–Crippen MR) is 85.9 cm³/mol. The summed E-state index contributed by atoms with van der Waals surface area (Å²) < 4.78 is 7.48. The minimum atomic E-state index is -0.408. The van der Waals surface area contributed by atoms with Crippen molar-refractivity contribution in [3.63, 3.8) is 0 Å². The van der Waals surface area contributed by atoms with Gasteiger partial charge in [-0.25, -0.2) is 0 Å². The van der Waals surface area contributed by atoms with Crippen molar-refractivity contribution in [2.45, 2.75) is 18.3 Å². The summed E-state index contributed by atoms with van der Waals surface area (Å²) in [5.74, 6) is 1.01. The van der Waals surface area contributed by atoms with Gasteiger partial charge in [-0.2, -0.15) is 0 Å². The van der Waals surface area contributed by atoms with Gasteiger partial charge in [-0.05, 0) is 18.2 Å². The molecule has 1 heterocycles. The lowest BCUT2D eigenvalue weighted by Gasteiger charge is -2.09. The molecule has 0 spiro atoms. The van der Waals surface area contributed by atoms with Gasteiger partial charge >= 0.3 is 0 Å². The van der Waals surface area contributed by atoms with Gasteiger partial charge in [0.1, 0.15) is 12.4 Å². The van der Waals surface area contributed by atoms with Crippen molar-refractivity contribution in [3.05, 3.63) is 47.8 Å². The summed E-state index contributed by atoms with van der Waals surface area (Å²) in [5, 5.41) is 9.34. The first kappa shape index (κ1) is 16.4. The number of carbonyl (C=O) groups excluding carboxylic acids is 1. The Labute approximate surface area is 137 Å². The van der Waals surface area contributed by atoms with Crippen LogP contribution in [0.5, 0.6) is 5.75 Å². The number of halogens is 1. The van der Waals surface area contributed by atoms with E-state index >= 15 is 0 Å². The zero-order valence-corrected chi connectivity index (χ0v) is 13.3. The second kappa shape index (κ2) is 7.86. The number of aromatic nitrogens is 3. The predicted octanol–water partition coefficient (Wildman–Crippen LogP) is 2.27. The topological polar surface area (TPSA) is 83.0 Å². The molecule has 0 aliphatic rings. The molecule has 22 heavy (non-hydrogen) atoms. The number of allylic oxidation sites excluding steroid dienone is 1. The second-order valence-electron chi connectivity index (χ2n) is 4.30. The lowest BCUT2D eigenvalue weighted by atomic mass is 10.3. The fourth-order valence-corrected chi connectivity index (χ4v) is 2.57. The van der Waals surface area contributed by atoms with Gasteiger partial charge in [-0.3, -0.25) is 9.36 Å². The second-order valence-corrected chi connectivity index (χ2v) is 5.68. The first-order valence-corrected chi connectivity index (χ1v) is 7.79. The number of hydrogen-bond acceptors (Lipinski definition) is 5. The van der Waals surface area contributed by atoms with Crippen molar-refractivity contribution in [2.75, 3.05) is 5.75 Å². The smallest absolute Gasteiger partial charge is 0.227 e. The number of thioether (sulfide) groups is 1. The SMILES string of the molecule is C=CCn1c(COc2cccc(Cl)c2)nnc1SCC(N)=O. The van der Waals surface area contributed by atoms with Gasteiger partial charge in [-0.15, -0.1) is 16.8 Å². The summed E-state index contributed by atoms with van der Waals surface area (Å²) in [5.41, 5.74) is 5.15. The maximum Gasteiger partial charge on any atom is 0.227 e. The largest absolute Gasteiger partial charge is 0.486 e. The highest BCUT2D eigenvalue weighted by Crippen LogP contribution is 2.20. The lowest BCUT2D eigenvalue weighted by molar-refractivity contribution is -0.115. The number of nitrogens with zero attached hydrogens (tertiary/aromatic N) is 3. The van der Waals surface area contributed by atoms with Crippen molar-refractivity contribution in [1.82, 2.24) is 14.8 Å². The molecule has 2 rings (SSSR count). The summed E-state index contributed by atoms with van der Waals surface area (Å²) >= 11 is 7.14. The van der Waals surface area contributed by atoms with Crippen molar-refractivity contribution in [1.29, 1.82) is 0 Å². The van der Waals surface area contributed by atoms with Crippen LogP contribution in [0.25, 0.3) is 0 Å². The number of nitrogens with two attached hydrogens (primary N) is 1. The molecule has 1 aromatic carbocycles. The molecular formula is C14H15ClN4O2S. The molecule has 0 unspecified atom stereocenters. The molecule has 2 aromatic rings. The van der Waals surface area contributed by atoms with E-state index in [4.69, 9.17) is 22.1 Å². The van der Waals surface area contributed by atoms with Crippen LogP contribution in [0.2, 0.25) is 5.02 Å². The number of hydrogen-bond donors (Lipinski definition) is 1.